The largest absolute Gasteiger partial charge is 0.324 e. The lowest BCUT2D eigenvalue weighted by Gasteiger charge is -2.03. The van der Waals surface area contributed by atoms with Crippen molar-refractivity contribution in [3.63, 3.8) is 0 Å². The van der Waals surface area contributed by atoms with Gasteiger partial charge >= 0.3 is 0 Å². The van der Waals surface area contributed by atoms with Crippen LogP contribution in [-0.2, 0) is 13.6 Å². The molecule has 2 aromatic heterocycles. The lowest BCUT2D eigenvalue weighted by Crippen LogP contribution is -2.15. The predicted molar refractivity (Wildman–Crippen MR) is 98.6 cm³/mol. The summed E-state index contributed by atoms with van der Waals surface area (Å²) in [6, 6.07) is 6.20. The molecule has 0 saturated heterocycles. The number of aromatic nitrogens is 4. The van der Waals surface area contributed by atoms with E-state index in [2.05, 4.69) is 33.4 Å². The molecule has 1 aromatic carbocycles. The van der Waals surface area contributed by atoms with Gasteiger partial charge in [0.25, 0.3) is 5.91 Å². The first kappa shape index (κ1) is 17.2. The van der Waals surface area contributed by atoms with Gasteiger partial charge in [-0.25, -0.2) is 9.67 Å². The van der Waals surface area contributed by atoms with Crippen LogP contribution in [0, 0.1) is 20.8 Å². The molecule has 0 bridgehead atoms. The molecule has 3 N–H and O–H groups in total. The van der Waals surface area contributed by atoms with E-state index < -0.39 is 0 Å². The monoisotopic (exact) mass is 356 g/mol. The van der Waals surface area contributed by atoms with E-state index in [4.69, 9.17) is 5.73 Å². The molecule has 0 unspecified atom stereocenters. The average Bonchev–Trinajstić information content (AvgIpc) is 3.10. The molecular weight excluding hydrogens is 336 g/mol. The van der Waals surface area contributed by atoms with E-state index in [9.17, 15) is 4.79 Å². The second-order valence-corrected chi connectivity index (χ2v) is 6.88. The van der Waals surface area contributed by atoms with Crippen molar-refractivity contribution in [3.05, 3.63) is 45.7 Å². The number of nitrogens with one attached hydrogen (secondary N) is 1. The number of hydrogen-bond donors (Lipinski definition) is 2. The summed E-state index contributed by atoms with van der Waals surface area (Å²) in [5.41, 5.74) is 9.61. The highest BCUT2D eigenvalue weighted by atomic mass is 32.1. The second-order valence-electron chi connectivity index (χ2n) is 5.89. The molecule has 0 radical (unpaired) electrons. The normalized spacial score (nSPS) is 10.9. The maximum Gasteiger partial charge on any atom is 0.270 e. The van der Waals surface area contributed by atoms with Crippen LogP contribution in [-0.4, -0.2) is 25.7 Å². The van der Waals surface area contributed by atoms with Crippen molar-refractivity contribution in [3.8, 4) is 10.6 Å². The molecule has 25 heavy (non-hydrogen) atoms. The summed E-state index contributed by atoms with van der Waals surface area (Å²) in [6.07, 6.45) is 0. The Morgan fingerprint density at radius 1 is 1.28 bits per heavy atom. The zero-order chi connectivity index (χ0) is 18.1. The first-order valence-electron chi connectivity index (χ1n) is 7.85. The van der Waals surface area contributed by atoms with Crippen molar-refractivity contribution in [2.45, 2.75) is 27.3 Å². The smallest absolute Gasteiger partial charge is 0.270 e. The van der Waals surface area contributed by atoms with Crippen LogP contribution in [0.25, 0.3) is 10.6 Å². The van der Waals surface area contributed by atoms with E-state index in [1.54, 1.807) is 7.05 Å². The summed E-state index contributed by atoms with van der Waals surface area (Å²) in [4.78, 5) is 21.9. The number of nitrogens with two attached hydrogens (primary N) is 1. The van der Waals surface area contributed by atoms with E-state index in [-0.39, 0.29) is 12.5 Å². The molecule has 0 atom stereocenters. The fourth-order valence-corrected chi connectivity index (χ4v) is 3.62. The summed E-state index contributed by atoms with van der Waals surface area (Å²) in [5.74, 6) is 0.603. The number of carbonyl (C=O) groups excluding carboxylic acids is 1. The Kier molecular flexibility index (Phi) is 4.65. The zero-order valence-corrected chi connectivity index (χ0v) is 15.4. The quantitative estimate of drug-likeness (QED) is 0.748. The van der Waals surface area contributed by atoms with Gasteiger partial charge in [-0.05, 0) is 26.3 Å². The summed E-state index contributed by atoms with van der Waals surface area (Å²) >= 11 is 1.37. The van der Waals surface area contributed by atoms with Gasteiger partial charge in [0.2, 0.25) is 5.95 Å². The summed E-state index contributed by atoms with van der Waals surface area (Å²) < 4.78 is 1.50. The van der Waals surface area contributed by atoms with Crippen LogP contribution < -0.4 is 11.1 Å². The van der Waals surface area contributed by atoms with Crippen LogP contribution in [0.4, 0.5) is 5.95 Å². The Morgan fingerprint density at radius 2 is 2.04 bits per heavy atom. The number of amides is 1. The third kappa shape index (κ3) is 3.45. The minimum atomic E-state index is -0.245. The first-order valence-corrected chi connectivity index (χ1v) is 8.67. The number of rotatable bonds is 4. The van der Waals surface area contributed by atoms with Crippen LogP contribution in [0.1, 0.15) is 32.3 Å². The Bertz CT molecular complexity index is 943. The molecule has 8 heteroatoms. The maximum absolute atomic E-state index is 12.6. The highest BCUT2D eigenvalue weighted by Gasteiger charge is 2.19. The van der Waals surface area contributed by atoms with Crippen LogP contribution >= 0.6 is 11.3 Å². The molecule has 0 aliphatic rings. The van der Waals surface area contributed by atoms with E-state index in [1.807, 2.05) is 26.0 Å². The molecule has 130 valence electrons. The van der Waals surface area contributed by atoms with Gasteiger partial charge in [0.15, 0.2) is 5.82 Å². The van der Waals surface area contributed by atoms with E-state index >= 15 is 0 Å². The fourth-order valence-electron chi connectivity index (χ4n) is 2.57. The second kappa shape index (κ2) is 6.73. The van der Waals surface area contributed by atoms with Crippen LogP contribution in [0.15, 0.2) is 18.2 Å². The van der Waals surface area contributed by atoms with E-state index in [1.165, 1.54) is 21.6 Å². The molecule has 0 saturated carbocycles. The highest BCUT2D eigenvalue weighted by Crippen LogP contribution is 2.31. The minimum absolute atomic E-state index is 0.222. The molecule has 1 amide bonds. The number of carbonyl (C=O) groups is 1. The van der Waals surface area contributed by atoms with Gasteiger partial charge in [0.1, 0.15) is 9.88 Å². The Balaban J connectivity index is 1.89. The first-order chi connectivity index (χ1) is 11.9. The van der Waals surface area contributed by atoms with Crippen LogP contribution in [0.3, 0.4) is 0 Å². The Hall–Kier alpha value is -2.58. The summed E-state index contributed by atoms with van der Waals surface area (Å²) in [6.45, 7) is 6.16. The number of thiazole rings is 1. The zero-order valence-electron chi connectivity index (χ0n) is 14.6. The van der Waals surface area contributed by atoms with Crippen molar-refractivity contribution >= 4 is 23.2 Å². The topological polar surface area (TPSA) is 98.7 Å². The van der Waals surface area contributed by atoms with Crippen molar-refractivity contribution in [1.29, 1.82) is 0 Å². The predicted octanol–water partition coefficient (Wildman–Crippen LogP) is 2.57. The van der Waals surface area contributed by atoms with Crippen molar-refractivity contribution < 1.29 is 4.79 Å². The maximum atomic E-state index is 12.6. The average molecular weight is 356 g/mol. The molecule has 0 aliphatic carbocycles. The fraction of sp³-hybridized carbons (Fsp3) is 0.294. The molecule has 7 nitrogen and oxygen atoms in total. The molecule has 3 rings (SSSR count). The lowest BCUT2D eigenvalue weighted by molar-refractivity contribution is 0.102. The number of anilines is 1. The Labute approximate surface area is 149 Å². The highest BCUT2D eigenvalue weighted by molar-refractivity contribution is 7.17. The molecule has 0 aliphatic heterocycles. The summed E-state index contributed by atoms with van der Waals surface area (Å²) in [7, 11) is 1.71. The molecule has 0 fully saturated rings. The molecule has 2 heterocycles. The standard InChI is InChI=1S/C17H20N6OS/c1-9-5-6-12(10(2)7-9)16-19-11(3)14(25-16)15(24)21-17-20-13(8-18)22-23(17)4/h5-7H,8,18H2,1-4H3,(H,20,21,22,24). The van der Waals surface area contributed by atoms with Crippen molar-refractivity contribution in [1.82, 2.24) is 19.7 Å². The van der Waals surface area contributed by atoms with E-state index in [0.29, 0.717) is 22.3 Å². The van der Waals surface area contributed by atoms with Gasteiger partial charge in [0.05, 0.1) is 12.2 Å². The number of benzene rings is 1. The molecule has 0 spiro atoms. The lowest BCUT2D eigenvalue weighted by atomic mass is 10.1. The number of hydrogen-bond acceptors (Lipinski definition) is 6. The molecular formula is C17H20N6OS. The van der Waals surface area contributed by atoms with Crippen LogP contribution in [0.5, 0.6) is 0 Å². The van der Waals surface area contributed by atoms with Gasteiger partial charge in [-0.15, -0.1) is 11.3 Å². The summed E-state index contributed by atoms with van der Waals surface area (Å²) in [5, 5.41) is 7.73. The number of aryl methyl sites for hydroxylation is 4. The minimum Gasteiger partial charge on any atom is -0.324 e. The SMILES string of the molecule is Cc1ccc(-c2nc(C)c(C(=O)Nc3nc(CN)nn3C)s2)c(C)c1. The number of nitrogens with zero attached hydrogens (tertiary/aromatic N) is 4. The van der Waals surface area contributed by atoms with Gasteiger partial charge in [0, 0.05) is 12.6 Å². The van der Waals surface area contributed by atoms with Crippen LogP contribution in [0.2, 0.25) is 0 Å². The van der Waals surface area contributed by atoms with Gasteiger partial charge in [-0.1, -0.05) is 23.8 Å². The van der Waals surface area contributed by atoms with Gasteiger partial charge in [-0.2, -0.15) is 10.1 Å². The molecule has 3 aromatic rings. The third-order valence-electron chi connectivity index (χ3n) is 3.83. The van der Waals surface area contributed by atoms with Crippen molar-refractivity contribution in [2.75, 3.05) is 5.32 Å². The van der Waals surface area contributed by atoms with Crippen molar-refractivity contribution in [2.24, 2.45) is 12.8 Å². The third-order valence-corrected chi connectivity index (χ3v) is 5.02. The van der Waals surface area contributed by atoms with Gasteiger partial charge < -0.3 is 5.73 Å². The van der Waals surface area contributed by atoms with E-state index in [0.717, 1.165) is 16.1 Å². The van der Waals surface area contributed by atoms with Gasteiger partial charge in [-0.3, -0.25) is 10.1 Å². The Morgan fingerprint density at radius 3 is 2.68 bits per heavy atom.